The van der Waals surface area contributed by atoms with Crippen LogP contribution in [0.5, 0.6) is 5.75 Å². The van der Waals surface area contributed by atoms with Gasteiger partial charge in [0.1, 0.15) is 22.8 Å². The third-order valence-corrected chi connectivity index (χ3v) is 4.99. The van der Waals surface area contributed by atoms with E-state index in [9.17, 15) is 0 Å². The number of ether oxygens (including phenoxy) is 1. The van der Waals surface area contributed by atoms with Crippen molar-refractivity contribution in [3.05, 3.63) is 60.4 Å². The van der Waals surface area contributed by atoms with Crippen molar-refractivity contribution < 1.29 is 4.74 Å². The van der Waals surface area contributed by atoms with Crippen LogP contribution < -0.4 is 15.8 Å². The van der Waals surface area contributed by atoms with E-state index < -0.39 is 0 Å². The molecule has 0 saturated heterocycles. The molecule has 0 atom stereocenters. The number of unbranched alkanes of at least 4 members (excludes halogenated alkanes) is 1. The quantitative estimate of drug-likeness (QED) is 0.400. The van der Waals surface area contributed by atoms with E-state index in [4.69, 9.17) is 10.5 Å². The molecule has 0 aliphatic rings. The smallest absolute Gasteiger partial charge is 0.158 e. The fourth-order valence-corrected chi connectivity index (χ4v) is 3.19. The van der Waals surface area contributed by atoms with Gasteiger partial charge in [-0.05, 0) is 49.7 Å². The second-order valence-electron chi connectivity index (χ2n) is 6.21. The Morgan fingerprint density at radius 3 is 2.48 bits per heavy atom. The number of nitrogens with one attached hydrogen (secondary N) is 1. The molecule has 0 amide bonds. The monoisotopic (exact) mass is 380 g/mol. The van der Waals surface area contributed by atoms with E-state index in [0.29, 0.717) is 11.5 Å². The fourth-order valence-electron chi connectivity index (χ4n) is 2.38. The first-order valence-electron chi connectivity index (χ1n) is 9.00. The van der Waals surface area contributed by atoms with Gasteiger partial charge in [0.25, 0.3) is 0 Å². The number of nitrogen functional groups attached to an aromatic ring is 1. The number of aromatic nitrogens is 2. The Kier molecular flexibility index (Phi) is 6.54. The van der Waals surface area contributed by atoms with Gasteiger partial charge >= 0.3 is 0 Å². The number of anilines is 3. The summed E-state index contributed by atoms with van der Waals surface area (Å²) in [5, 5.41) is 3.99. The van der Waals surface area contributed by atoms with E-state index in [1.807, 2.05) is 24.3 Å². The number of aryl methyl sites for hydroxylation is 1. The molecule has 0 aliphatic carbocycles. The van der Waals surface area contributed by atoms with Crippen molar-refractivity contribution in [1.29, 1.82) is 0 Å². The highest BCUT2D eigenvalue weighted by molar-refractivity contribution is 7.99. The highest BCUT2D eigenvalue weighted by Crippen LogP contribution is 2.34. The average molecular weight is 381 g/mol. The molecule has 2 aromatic carbocycles. The summed E-state index contributed by atoms with van der Waals surface area (Å²) < 4.78 is 5.69. The summed E-state index contributed by atoms with van der Waals surface area (Å²) in [7, 11) is 0. The molecular weight excluding hydrogens is 356 g/mol. The van der Waals surface area contributed by atoms with Crippen molar-refractivity contribution in [3.63, 3.8) is 0 Å². The maximum atomic E-state index is 6.29. The molecule has 0 unspecified atom stereocenters. The second-order valence-corrected chi connectivity index (χ2v) is 7.27. The van der Waals surface area contributed by atoms with Crippen LogP contribution in [0, 0.1) is 6.92 Å². The zero-order valence-corrected chi connectivity index (χ0v) is 16.4. The number of rotatable bonds is 8. The third kappa shape index (κ3) is 5.37. The molecule has 0 radical (unpaired) electrons. The van der Waals surface area contributed by atoms with Crippen LogP contribution >= 0.6 is 11.8 Å². The van der Waals surface area contributed by atoms with Gasteiger partial charge in [0, 0.05) is 10.6 Å². The summed E-state index contributed by atoms with van der Waals surface area (Å²) in [6.07, 6.45) is 3.70. The lowest BCUT2D eigenvalue weighted by Crippen LogP contribution is -2.02. The largest absolute Gasteiger partial charge is 0.494 e. The van der Waals surface area contributed by atoms with Gasteiger partial charge in [-0.15, -0.1) is 0 Å². The molecule has 27 heavy (non-hydrogen) atoms. The van der Waals surface area contributed by atoms with E-state index in [2.05, 4.69) is 53.4 Å². The molecule has 1 heterocycles. The molecule has 0 bridgehead atoms. The van der Waals surface area contributed by atoms with E-state index in [-0.39, 0.29) is 0 Å². The minimum Gasteiger partial charge on any atom is -0.494 e. The SMILES string of the molecule is CCCCOc1ccc(Nc2ncnc(Sc3ccc(C)cc3)c2N)cc1. The van der Waals surface area contributed by atoms with E-state index in [1.54, 1.807) is 0 Å². The molecule has 6 heteroatoms. The number of nitrogens with two attached hydrogens (primary N) is 1. The molecule has 0 fully saturated rings. The summed E-state index contributed by atoms with van der Waals surface area (Å²) in [5.74, 6) is 1.46. The van der Waals surface area contributed by atoms with Crippen LogP contribution in [0.4, 0.5) is 17.2 Å². The first kappa shape index (κ1) is 19.0. The van der Waals surface area contributed by atoms with Crippen LogP contribution in [0.2, 0.25) is 0 Å². The normalized spacial score (nSPS) is 10.6. The number of benzene rings is 2. The van der Waals surface area contributed by atoms with Gasteiger partial charge in [0.05, 0.1) is 6.61 Å². The zero-order valence-electron chi connectivity index (χ0n) is 15.6. The standard InChI is InChI=1S/C21H24N4OS/c1-3-4-13-26-17-9-7-16(8-10-17)25-20-19(22)21(24-14-23-20)27-18-11-5-15(2)6-12-18/h5-12,14H,3-4,13,22H2,1-2H3,(H,23,24,25). The zero-order chi connectivity index (χ0) is 19.1. The Morgan fingerprint density at radius 1 is 1.04 bits per heavy atom. The minimum atomic E-state index is 0.534. The number of hydrogen-bond acceptors (Lipinski definition) is 6. The summed E-state index contributed by atoms with van der Waals surface area (Å²) >= 11 is 1.53. The topological polar surface area (TPSA) is 73.1 Å². The van der Waals surface area contributed by atoms with Gasteiger partial charge in [-0.2, -0.15) is 0 Å². The summed E-state index contributed by atoms with van der Waals surface area (Å²) in [6, 6.07) is 16.1. The maximum Gasteiger partial charge on any atom is 0.158 e. The lowest BCUT2D eigenvalue weighted by Gasteiger charge is -2.12. The molecular formula is C21H24N4OS. The maximum absolute atomic E-state index is 6.29. The van der Waals surface area contributed by atoms with E-state index in [1.165, 1.54) is 23.7 Å². The molecule has 0 spiro atoms. The van der Waals surface area contributed by atoms with Crippen molar-refractivity contribution >= 4 is 29.0 Å². The Morgan fingerprint density at radius 2 is 1.78 bits per heavy atom. The van der Waals surface area contributed by atoms with Crippen molar-refractivity contribution in [2.75, 3.05) is 17.7 Å². The highest BCUT2D eigenvalue weighted by Gasteiger charge is 2.10. The third-order valence-electron chi connectivity index (χ3n) is 3.97. The lowest BCUT2D eigenvalue weighted by atomic mass is 10.2. The second kappa shape index (κ2) is 9.28. The molecule has 3 N–H and O–H groups in total. The fraction of sp³-hybridized carbons (Fsp3) is 0.238. The van der Waals surface area contributed by atoms with Crippen LogP contribution in [0.3, 0.4) is 0 Å². The van der Waals surface area contributed by atoms with E-state index in [0.717, 1.165) is 40.8 Å². The summed E-state index contributed by atoms with van der Waals surface area (Å²) in [6.45, 7) is 4.95. The summed E-state index contributed by atoms with van der Waals surface area (Å²) in [5.41, 5.74) is 8.94. The minimum absolute atomic E-state index is 0.534. The van der Waals surface area contributed by atoms with Crippen LogP contribution in [-0.4, -0.2) is 16.6 Å². The molecule has 140 valence electrons. The van der Waals surface area contributed by atoms with Gasteiger partial charge in [-0.1, -0.05) is 42.8 Å². The Labute approximate surface area is 164 Å². The Bertz CT molecular complexity index is 866. The molecule has 5 nitrogen and oxygen atoms in total. The summed E-state index contributed by atoms with van der Waals surface area (Å²) in [4.78, 5) is 9.69. The first-order valence-corrected chi connectivity index (χ1v) is 9.82. The van der Waals surface area contributed by atoms with Crippen molar-refractivity contribution in [3.8, 4) is 5.75 Å². The van der Waals surface area contributed by atoms with Gasteiger partial charge in [-0.25, -0.2) is 9.97 Å². The molecule has 0 aliphatic heterocycles. The highest BCUT2D eigenvalue weighted by atomic mass is 32.2. The van der Waals surface area contributed by atoms with Crippen LogP contribution in [0.1, 0.15) is 25.3 Å². The van der Waals surface area contributed by atoms with E-state index >= 15 is 0 Å². The Hall–Kier alpha value is -2.73. The molecule has 0 saturated carbocycles. The van der Waals surface area contributed by atoms with Gasteiger partial charge in [0.15, 0.2) is 5.82 Å². The predicted molar refractivity (Wildman–Crippen MR) is 112 cm³/mol. The van der Waals surface area contributed by atoms with Gasteiger partial charge in [0.2, 0.25) is 0 Å². The van der Waals surface area contributed by atoms with Crippen LogP contribution in [-0.2, 0) is 0 Å². The van der Waals surface area contributed by atoms with Gasteiger partial charge < -0.3 is 15.8 Å². The van der Waals surface area contributed by atoms with Gasteiger partial charge in [-0.3, -0.25) is 0 Å². The molecule has 3 aromatic rings. The predicted octanol–water partition coefficient (Wildman–Crippen LogP) is 5.44. The van der Waals surface area contributed by atoms with Crippen molar-refractivity contribution in [2.45, 2.75) is 36.6 Å². The van der Waals surface area contributed by atoms with Crippen molar-refractivity contribution in [2.24, 2.45) is 0 Å². The number of nitrogens with zero attached hydrogens (tertiary/aromatic N) is 2. The Balaban J connectivity index is 1.69. The first-order chi connectivity index (χ1) is 13.2. The number of hydrogen-bond donors (Lipinski definition) is 2. The van der Waals surface area contributed by atoms with Crippen LogP contribution in [0.25, 0.3) is 0 Å². The van der Waals surface area contributed by atoms with Crippen LogP contribution in [0.15, 0.2) is 64.8 Å². The van der Waals surface area contributed by atoms with Crippen molar-refractivity contribution in [1.82, 2.24) is 9.97 Å². The molecule has 1 aromatic heterocycles. The average Bonchev–Trinajstić information content (AvgIpc) is 2.68. The lowest BCUT2D eigenvalue weighted by molar-refractivity contribution is 0.309. The molecule has 3 rings (SSSR count).